The molecule has 6 rings (SSSR count). The van der Waals surface area contributed by atoms with Crippen molar-refractivity contribution in [2.45, 2.75) is 19.4 Å². The zero-order chi connectivity index (χ0) is 32.0. The van der Waals surface area contributed by atoms with Crippen molar-refractivity contribution in [1.29, 1.82) is 0 Å². The fraction of sp³-hybridized carbons (Fsp3) is 0.265. The largest absolute Gasteiger partial charge is 0.493 e. The first-order valence-corrected chi connectivity index (χ1v) is 14.8. The minimum absolute atomic E-state index is 0.312. The lowest BCUT2D eigenvalue weighted by Crippen LogP contribution is -2.32. The summed E-state index contributed by atoms with van der Waals surface area (Å²) in [6.07, 6.45) is 5.01. The van der Waals surface area contributed by atoms with Crippen molar-refractivity contribution in [3.8, 4) is 40.1 Å². The fourth-order valence-electron chi connectivity index (χ4n) is 5.51. The van der Waals surface area contributed by atoms with Crippen LogP contribution in [0, 0.1) is 0 Å². The van der Waals surface area contributed by atoms with Gasteiger partial charge in [0.2, 0.25) is 5.82 Å². The number of nitrogens with zero attached hydrogens (tertiary/aromatic N) is 6. The van der Waals surface area contributed by atoms with Crippen LogP contribution in [-0.2, 0) is 19.4 Å². The van der Waals surface area contributed by atoms with E-state index in [0.29, 0.717) is 34.1 Å². The highest BCUT2D eigenvalue weighted by Crippen LogP contribution is 2.38. The van der Waals surface area contributed by atoms with Gasteiger partial charge in [0, 0.05) is 43.7 Å². The maximum absolute atomic E-state index is 13.0. The third-order valence-corrected chi connectivity index (χ3v) is 8.05. The fourth-order valence-corrected chi connectivity index (χ4v) is 5.51. The van der Waals surface area contributed by atoms with E-state index in [4.69, 9.17) is 18.9 Å². The Morgan fingerprint density at radius 3 is 2.17 bits per heavy atom. The lowest BCUT2D eigenvalue weighted by molar-refractivity contribution is 0.102. The van der Waals surface area contributed by atoms with Crippen LogP contribution in [0.1, 0.15) is 27.0 Å². The van der Waals surface area contributed by atoms with Crippen LogP contribution in [-0.4, -0.2) is 77.5 Å². The molecule has 1 aliphatic rings. The summed E-state index contributed by atoms with van der Waals surface area (Å²) in [6, 6.07) is 19.0. The zero-order valence-corrected chi connectivity index (χ0v) is 26.2. The molecule has 3 aromatic carbocycles. The molecule has 3 heterocycles. The summed E-state index contributed by atoms with van der Waals surface area (Å²) in [7, 11) is 6.42. The summed E-state index contributed by atoms with van der Waals surface area (Å²) in [5.74, 6) is 2.47. The Balaban J connectivity index is 1.15. The van der Waals surface area contributed by atoms with Gasteiger partial charge in [-0.15, -0.1) is 15.0 Å². The summed E-state index contributed by atoms with van der Waals surface area (Å²) in [4.78, 5) is 20.9. The Bertz CT molecular complexity index is 1830. The van der Waals surface area contributed by atoms with Gasteiger partial charge in [0.25, 0.3) is 5.91 Å². The third kappa shape index (κ3) is 6.47. The molecular formula is C34H35N7O5. The van der Waals surface area contributed by atoms with Crippen LogP contribution in [0.4, 0.5) is 5.69 Å². The molecular weight excluding hydrogens is 586 g/mol. The standard InChI is InChI=1S/C34H35N7O5/c1-43-29-17-24-12-16-40(21-25(24)18-30(29)44-2)15-11-22-5-7-26(8-6-22)41-38-33(37-39-41)27-19-31(45-3)32(46-4)20-28(27)36-34(42)23-9-13-35-14-10-23/h5-10,13-14,17-20H,11-12,15-16,21H2,1-4H3,(H,36,42). The van der Waals surface area contributed by atoms with Gasteiger partial charge >= 0.3 is 0 Å². The average Bonchev–Trinajstić information content (AvgIpc) is 3.60. The molecule has 0 unspecified atom stereocenters. The number of nitrogens with one attached hydrogen (secondary N) is 1. The molecule has 236 valence electrons. The van der Waals surface area contributed by atoms with E-state index >= 15 is 0 Å². The van der Waals surface area contributed by atoms with E-state index in [0.717, 1.165) is 49.7 Å². The number of aromatic nitrogens is 5. The monoisotopic (exact) mass is 621 g/mol. The maximum atomic E-state index is 13.0. The van der Waals surface area contributed by atoms with Crippen LogP contribution in [0.25, 0.3) is 17.1 Å². The second-order valence-electron chi connectivity index (χ2n) is 10.8. The number of tetrazole rings is 1. The van der Waals surface area contributed by atoms with Gasteiger partial charge in [-0.05, 0) is 77.2 Å². The molecule has 1 N–H and O–H groups in total. The lowest BCUT2D eigenvalue weighted by Gasteiger charge is -2.29. The molecule has 12 heteroatoms. The number of pyridine rings is 1. The molecule has 0 bridgehead atoms. The highest BCUT2D eigenvalue weighted by Gasteiger charge is 2.21. The quantitative estimate of drug-likeness (QED) is 0.223. The van der Waals surface area contributed by atoms with Gasteiger partial charge in [-0.2, -0.15) is 0 Å². The molecule has 0 saturated carbocycles. The topological polar surface area (TPSA) is 126 Å². The van der Waals surface area contributed by atoms with Crippen molar-refractivity contribution >= 4 is 11.6 Å². The van der Waals surface area contributed by atoms with Crippen LogP contribution in [0.15, 0.2) is 73.1 Å². The summed E-state index contributed by atoms with van der Waals surface area (Å²) in [6.45, 7) is 2.81. The molecule has 5 aromatic rings. The van der Waals surface area contributed by atoms with Gasteiger partial charge in [0.15, 0.2) is 23.0 Å². The van der Waals surface area contributed by atoms with Crippen LogP contribution in [0.3, 0.4) is 0 Å². The minimum Gasteiger partial charge on any atom is -0.493 e. The molecule has 12 nitrogen and oxygen atoms in total. The van der Waals surface area contributed by atoms with Crippen molar-refractivity contribution < 1.29 is 23.7 Å². The van der Waals surface area contributed by atoms with Gasteiger partial charge in [-0.3, -0.25) is 14.7 Å². The minimum atomic E-state index is -0.312. The lowest BCUT2D eigenvalue weighted by atomic mass is 9.98. The number of methoxy groups -OCH3 is 4. The first-order valence-electron chi connectivity index (χ1n) is 14.8. The van der Waals surface area contributed by atoms with Crippen LogP contribution in [0.5, 0.6) is 23.0 Å². The predicted molar refractivity (Wildman–Crippen MR) is 172 cm³/mol. The highest BCUT2D eigenvalue weighted by atomic mass is 16.5. The Labute approximate surface area is 266 Å². The maximum Gasteiger partial charge on any atom is 0.255 e. The van der Waals surface area contributed by atoms with Crippen molar-refractivity contribution in [2.75, 3.05) is 46.8 Å². The van der Waals surface area contributed by atoms with Crippen molar-refractivity contribution in [3.05, 3.63) is 95.3 Å². The number of amides is 1. The molecule has 1 aliphatic heterocycles. The zero-order valence-electron chi connectivity index (χ0n) is 26.2. The van der Waals surface area contributed by atoms with Crippen LogP contribution >= 0.6 is 0 Å². The number of fused-ring (bicyclic) bond motifs is 1. The van der Waals surface area contributed by atoms with Crippen LogP contribution < -0.4 is 24.3 Å². The molecule has 0 atom stereocenters. The third-order valence-electron chi connectivity index (χ3n) is 8.05. The number of hydrogen-bond donors (Lipinski definition) is 1. The summed E-state index contributed by atoms with van der Waals surface area (Å²) in [5.41, 5.74) is 6.01. The summed E-state index contributed by atoms with van der Waals surface area (Å²) in [5, 5.41) is 16.1. The van der Waals surface area contributed by atoms with Crippen LogP contribution in [0.2, 0.25) is 0 Å². The number of anilines is 1. The van der Waals surface area contributed by atoms with E-state index in [9.17, 15) is 4.79 Å². The molecule has 0 aliphatic carbocycles. The molecule has 0 radical (unpaired) electrons. The Kier molecular flexibility index (Phi) is 9.06. The number of ether oxygens (including phenoxy) is 4. The Morgan fingerprint density at radius 1 is 0.826 bits per heavy atom. The van der Waals surface area contributed by atoms with E-state index in [1.807, 2.05) is 12.1 Å². The molecule has 1 amide bonds. The van der Waals surface area contributed by atoms with Gasteiger partial charge in [0.05, 0.1) is 45.4 Å². The Hall–Kier alpha value is -5.49. The normalized spacial score (nSPS) is 12.7. The molecule has 2 aromatic heterocycles. The summed E-state index contributed by atoms with van der Waals surface area (Å²) < 4.78 is 22.0. The number of benzene rings is 3. The van der Waals surface area contributed by atoms with Gasteiger partial charge in [0.1, 0.15) is 0 Å². The Morgan fingerprint density at radius 2 is 1.48 bits per heavy atom. The second kappa shape index (κ2) is 13.7. The smallest absolute Gasteiger partial charge is 0.255 e. The van der Waals surface area contributed by atoms with Crippen molar-refractivity contribution in [3.63, 3.8) is 0 Å². The van der Waals surface area contributed by atoms with E-state index in [-0.39, 0.29) is 5.91 Å². The average molecular weight is 622 g/mol. The van der Waals surface area contributed by atoms with E-state index < -0.39 is 0 Å². The molecule has 0 fully saturated rings. The summed E-state index contributed by atoms with van der Waals surface area (Å²) >= 11 is 0. The highest BCUT2D eigenvalue weighted by molar-refractivity contribution is 6.06. The van der Waals surface area contributed by atoms with E-state index in [1.54, 1.807) is 58.0 Å². The number of rotatable bonds is 11. The molecule has 0 saturated heterocycles. The van der Waals surface area contributed by atoms with Gasteiger partial charge in [-0.25, -0.2) is 0 Å². The number of carbonyl (C=O) groups is 1. The van der Waals surface area contributed by atoms with Gasteiger partial charge < -0.3 is 24.3 Å². The number of hydrogen-bond acceptors (Lipinski definition) is 10. The first-order chi connectivity index (χ1) is 22.5. The van der Waals surface area contributed by atoms with Crippen molar-refractivity contribution in [2.24, 2.45) is 0 Å². The van der Waals surface area contributed by atoms with E-state index in [1.165, 1.54) is 28.6 Å². The molecule has 0 spiro atoms. The number of carbonyl (C=O) groups excluding carboxylic acids is 1. The second-order valence-corrected chi connectivity index (χ2v) is 10.8. The predicted octanol–water partition coefficient (Wildman–Crippen LogP) is 4.61. The first kappa shape index (κ1) is 30.5. The van der Waals surface area contributed by atoms with E-state index in [2.05, 4.69) is 54.9 Å². The van der Waals surface area contributed by atoms with Crippen molar-refractivity contribution in [1.82, 2.24) is 30.1 Å². The van der Waals surface area contributed by atoms with Gasteiger partial charge in [-0.1, -0.05) is 12.1 Å². The molecule has 46 heavy (non-hydrogen) atoms. The SMILES string of the molecule is COc1cc2c(cc1OC)CN(CCc1ccc(-n3nnc(-c4cc(OC)c(OC)cc4NC(=O)c4ccncc4)n3)cc1)CC2.